The molecular formula is C16H24O2. The summed E-state index contributed by atoms with van der Waals surface area (Å²) in [5, 5.41) is 9.46. The molecule has 2 heteroatoms. The van der Waals surface area contributed by atoms with Gasteiger partial charge in [0, 0.05) is 6.61 Å². The van der Waals surface area contributed by atoms with E-state index in [0.29, 0.717) is 12.5 Å². The highest BCUT2D eigenvalue weighted by atomic mass is 16.5. The van der Waals surface area contributed by atoms with Crippen LogP contribution in [0.1, 0.15) is 49.3 Å². The highest BCUT2D eigenvalue weighted by Gasteiger charge is 2.42. The number of methoxy groups -OCH3 is 1. The third-order valence-electron chi connectivity index (χ3n) is 4.17. The third-order valence-corrected chi connectivity index (χ3v) is 4.17. The first-order valence-corrected chi connectivity index (χ1v) is 6.79. The van der Waals surface area contributed by atoms with Crippen molar-refractivity contribution in [3.8, 4) is 5.75 Å². The number of rotatable bonds is 5. The first-order chi connectivity index (χ1) is 8.51. The van der Waals surface area contributed by atoms with Crippen molar-refractivity contribution in [2.24, 2.45) is 5.41 Å². The van der Waals surface area contributed by atoms with Gasteiger partial charge in [-0.1, -0.05) is 19.9 Å². The molecule has 0 bridgehead atoms. The van der Waals surface area contributed by atoms with Crippen molar-refractivity contribution in [3.63, 3.8) is 0 Å². The fourth-order valence-corrected chi connectivity index (χ4v) is 2.54. The van der Waals surface area contributed by atoms with Gasteiger partial charge in [0.2, 0.25) is 0 Å². The topological polar surface area (TPSA) is 29.5 Å². The van der Waals surface area contributed by atoms with Crippen LogP contribution in [0.4, 0.5) is 0 Å². The van der Waals surface area contributed by atoms with E-state index in [0.717, 1.165) is 25.0 Å². The van der Waals surface area contributed by atoms with Gasteiger partial charge in [-0.2, -0.15) is 0 Å². The van der Waals surface area contributed by atoms with Crippen LogP contribution in [-0.4, -0.2) is 18.8 Å². The van der Waals surface area contributed by atoms with Gasteiger partial charge < -0.3 is 9.84 Å². The molecule has 0 saturated heterocycles. The van der Waals surface area contributed by atoms with Crippen LogP contribution in [0, 0.1) is 12.3 Å². The minimum absolute atomic E-state index is 0.174. The lowest BCUT2D eigenvalue weighted by molar-refractivity contribution is 0.211. The second-order valence-corrected chi connectivity index (χ2v) is 6.01. The molecule has 0 atom stereocenters. The van der Waals surface area contributed by atoms with Crippen LogP contribution < -0.4 is 4.74 Å². The van der Waals surface area contributed by atoms with Crippen LogP contribution in [0.3, 0.4) is 0 Å². The number of benzene rings is 1. The summed E-state index contributed by atoms with van der Waals surface area (Å²) in [6.07, 6.45) is 3.32. The van der Waals surface area contributed by atoms with Crippen molar-refractivity contribution >= 4 is 0 Å². The van der Waals surface area contributed by atoms with Gasteiger partial charge in [0.1, 0.15) is 5.75 Å². The lowest BCUT2D eigenvalue weighted by atomic mass is 9.90. The van der Waals surface area contributed by atoms with E-state index in [-0.39, 0.29) is 5.41 Å². The number of aliphatic hydroxyl groups excluding tert-OH is 1. The van der Waals surface area contributed by atoms with E-state index in [9.17, 15) is 5.11 Å². The van der Waals surface area contributed by atoms with Gasteiger partial charge in [-0.05, 0) is 60.3 Å². The number of aryl methyl sites for hydroxylation is 1. The number of ether oxygens (including phenoxy) is 1. The van der Waals surface area contributed by atoms with Gasteiger partial charge >= 0.3 is 0 Å². The zero-order valence-electron chi connectivity index (χ0n) is 11.9. The minimum Gasteiger partial charge on any atom is -0.496 e. The van der Waals surface area contributed by atoms with Crippen molar-refractivity contribution in [1.29, 1.82) is 0 Å². The fourth-order valence-electron chi connectivity index (χ4n) is 2.54. The van der Waals surface area contributed by atoms with Crippen molar-refractivity contribution < 1.29 is 9.84 Å². The maximum absolute atomic E-state index is 9.46. The standard InChI is InChI=1S/C16H24O2/c1-11(2)14-8-13(9-16(10-17)5-6-16)12(3)7-15(14)18-4/h7-8,11,17H,5-6,9-10H2,1-4H3. The average molecular weight is 248 g/mol. The molecule has 18 heavy (non-hydrogen) atoms. The zero-order valence-corrected chi connectivity index (χ0v) is 11.9. The quantitative estimate of drug-likeness (QED) is 0.865. The zero-order chi connectivity index (χ0) is 13.3. The molecule has 1 saturated carbocycles. The van der Waals surface area contributed by atoms with E-state index in [1.54, 1.807) is 7.11 Å². The Morgan fingerprint density at radius 1 is 1.33 bits per heavy atom. The molecule has 0 unspecified atom stereocenters. The Hall–Kier alpha value is -1.02. The van der Waals surface area contributed by atoms with Gasteiger partial charge in [-0.25, -0.2) is 0 Å². The van der Waals surface area contributed by atoms with Gasteiger partial charge in [-0.3, -0.25) is 0 Å². The van der Waals surface area contributed by atoms with Crippen molar-refractivity contribution in [2.75, 3.05) is 13.7 Å². The Morgan fingerprint density at radius 3 is 2.44 bits per heavy atom. The molecule has 100 valence electrons. The molecule has 0 aliphatic heterocycles. The lowest BCUT2D eigenvalue weighted by Crippen LogP contribution is -2.11. The van der Waals surface area contributed by atoms with Crippen molar-refractivity contribution in [3.05, 3.63) is 28.8 Å². The average Bonchev–Trinajstić information content (AvgIpc) is 3.11. The van der Waals surface area contributed by atoms with Crippen LogP contribution in [0.5, 0.6) is 5.75 Å². The highest BCUT2D eigenvalue weighted by molar-refractivity contribution is 5.44. The largest absolute Gasteiger partial charge is 0.496 e. The second-order valence-electron chi connectivity index (χ2n) is 6.01. The van der Waals surface area contributed by atoms with E-state index < -0.39 is 0 Å². The molecular weight excluding hydrogens is 224 g/mol. The summed E-state index contributed by atoms with van der Waals surface area (Å²) in [6, 6.07) is 4.41. The Labute approximate surface area is 110 Å². The Morgan fingerprint density at radius 2 is 2.00 bits per heavy atom. The van der Waals surface area contributed by atoms with Crippen LogP contribution in [-0.2, 0) is 6.42 Å². The van der Waals surface area contributed by atoms with Crippen LogP contribution >= 0.6 is 0 Å². The van der Waals surface area contributed by atoms with Crippen molar-refractivity contribution in [1.82, 2.24) is 0 Å². The molecule has 1 aliphatic carbocycles. The first kappa shape index (κ1) is 13.4. The smallest absolute Gasteiger partial charge is 0.122 e. The summed E-state index contributed by atoms with van der Waals surface area (Å²) in [7, 11) is 1.73. The summed E-state index contributed by atoms with van der Waals surface area (Å²) >= 11 is 0. The number of hydrogen-bond acceptors (Lipinski definition) is 2. The molecule has 1 aromatic rings. The SMILES string of the molecule is COc1cc(C)c(CC2(CO)CC2)cc1C(C)C. The summed E-state index contributed by atoms with van der Waals surface area (Å²) in [5.41, 5.74) is 4.09. The van der Waals surface area contributed by atoms with Crippen LogP contribution in [0.2, 0.25) is 0 Å². The van der Waals surface area contributed by atoms with Gasteiger partial charge in [0.15, 0.2) is 0 Å². The molecule has 1 N–H and O–H groups in total. The highest BCUT2D eigenvalue weighted by Crippen LogP contribution is 2.48. The van der Waals surface area contributed by atoms with Gasteiger partial charge in [0.05, 0.1) is 7.11 Å². The molecule has 0 spiro atoms. The second kappa shape index (κ2) is 4.93. The Bertz CT molecular complexity index is 431. The van der Waals surface area contributed by atoms with E-state index in [1.165, 1.54) is 16.7 Å². The third kappa shape index (κ3) is 2.54. The van der Waals surface area contributed by atoms with E-state index in [4.69, 9.17) is 4.74 Å². The van der Waals surface area contributed by atoms with Crippen LogP contribution in [0.15, 0.2) is 12.1 Å². The monoisotopic (exact) mass is 248 g/mol. The number of aliphatic hydroxyl groups is 1. The maximum atomic E-state index is 9.46. The van der Waals surface area contributed by atoms with Crippen molar-refractivity contribution in [2.45, 2.75) is 46.0 Å². The Balaban J connectivity index is 2.33. The normalized spacial score (nSPS) is 17.0. The molecule has 1 aromatic carbocycles. The minimum atomic E-state index is 0.174. The fraction of sp³-hybridized carbons (Fsp3) is 0.625. The van der Waals surface area contributed by atoms with E-state index >= 15 is 0 Å². The van der Waals surface area contributed by atoms with Gasteiger partial charge in [0.25, 0.3) is 0 Å². The molecule has 0 heterocycles. The summed E-state index contributed by atoms with van der Waals surface area (Å²) < 4.78 is 5.47. The molecule has 0 amide bonds. The summed E-state index contributed by atoms with van der Waals surface area (Å²) in [4.78, 5) is 0. The molecule has 2 rings (SSSR count). The molecule has 1 fully saturated rings. The summed E-state index contributed by atoms with van der Waals surface area (Å²) in [6.45, 7) is 6.83. The lowest BCUT2D eigenvalue weighted by Gasteiger charge is -2.19. The molecule has 0 radical (unpaired) electrons. The molecule has 1 aliphatic rings. The van der Waals surface area contributed by atoms with E-state index in [1.807, 2.05) is 0 Å². The van der Waals surface area contributed by atoms with E-state index in [2.05, 4.69) is 32.9 Å². The van der Waals surface area contributed by atoms with Gasteiger partial charge in [-0.15, -0.1) is 0 Å². The summed E-state index contributed by atoms with van der Waals surface area (Å²) in [5.74, 6) is 1.45. The molecule has 0 aromatic heterocycles. The number of hydrogen-bond donors (Lipinski definition) is 1. The predicted molar refractivity (Wildman–Crippen MR) is 74.3 cm³/mol. The predicted octanol–water partition coefficient (Wildman–Crippen LogP) is 3.44. The maximum Gasteiger partial charge on any atom is 0.122 e. The first-order valence-electron chi connectivity index (χ1n) is 6.79. The molecule has 2 nitrogen and oxygen atoms in total. The Kier molecular flexibility index (Phi) is 3.67. The van der Waals surface area contributed by atoms with Crippen LogP contribution in [0.25, 0.3) is 0 Å².